The number of benzene rings is 4. The van der Waals surface area contributed by atoms with E-state index < -0.39 is 0 Å². The van der Waals surface area contributed by atoms with Crippen LogP contribution < -0.4 is 9.47 Å². The Hall–Kier alpha value is -4.58. The van der Waals surface area contributed by atoms with E-state index in [0.29, 0.717) is 37.8 Å². The molecule has 4 aromatic rings. The Bertz CT molecular complexity index is 1540. The molecule has 4 rings (SSSR count). The molecule has 0 amide bonds. The normalized spacial score (nSPS) is 11.9. The molecule has 0 saturated heterocycles. The van der Waals surface area contributed by atoms with Gasteiger partial charge in [-0.25, -0.2) is 0 Å². The van der Waals surface area contributed by atoms with Crippen LogP contribution in [0.4, 0.5) is 0 Å². The molecule has 0 aliphatic rings. The van der Waals surface area contributed by atoms with Gasteiger partial charge in [-0.15, -0.1) is 0 Å². The molecule has 6 heteroatoms. The second kappa shape index (κ2) is 25.4. The van der Waals surface area contributed by atoms with Crippen molar-refractivity contribution < 1.29 is 19.7 Å². The monoisotopic (exact) mass is 732 g/mol. The number of aliphatic imine (C=N–C) groups is 2. The predicted molar refractivity (Wildman–Crippen MR) is 226 cm³/mol. The summed E-state index contributed by atoms with van der Waals surface area (Å²) < 4.78 is 11.9. The highest BCUT2D eigenvalue weighted by molar-refractivity contribution is 6.15. The molecular formula is C48H64N2O4. The Labute approximate surface area is 325 Å². The second-order valence-corrected chi connectivity index (χ2v) is 14.2. The molecule has 0 spiro atoms. The summed E-state index contributed by atoms with van der Waals surface area (Å²) in [7, 11) is 0. The van der Waals surface area contributed by atoms with Gasteiger partial charge in [0.25, 0.3) is 0 Å². The van der Waals surface area contributed by atoms with Crippen molar-refractivity contribution >= 4 is 11.4 Å². The van der Waals surface area contributed by atoms with E-state index in [1.54, 1.807) is 12.1 Å². The van der Waals surface area contributed by atoms with Gasteiger partial charge in [-0.05, 0) is 49.9 Å². The zero-order valence-electron chi connectivity index (χ0n) is 33.0. The van der Waals surface area contributed by atoms with Gasteiger partial charge < -0.3 is 19.7 Å². The number of aromatic hydroxyl groups is 2. The first-order valence-corrected chi connectivity index (χ1v) is 20.7. The first-order chi connectivity index (χ1) is 26.6. The maximum Gasteiger partial charge on any atom is 0.128 e. The zero-order chi connectivity index (χ0) is 38.1. The topological polar surface area (TPSA) is 83.6 Å². The van der Waals surface area contributed by atoms with Crippen LogP contribution in [0.3, 0.4) is 0 Å². The molecule has 0 aliphatic heterocycles. The highest BCUT2D eigenvalue weighted by atomic mass is 16.5. The molecule has 6 nitrogen and oxygen atoms in total. The standard InChI is InChI=1S/C48H64N2O4/c1-3-5-7-9-13-23-35-53-41-29-31-43(45(51)37-41)47(39-25-17-15-18-26-39)49-33-21-11-12-22-34-50-48(40-27-19-16-20-28-40)44-32-30-42(38-46(44)52)54-36-24-14-10-8-6-4-2/h15-20,25-32,37-38,51-52H,3-14,21-24,33-36H2,1-2H3. The maximum atomic E-state index is 11.0. The number of unbranched alkanes of at least 4 members (excludes halogenated alkanes) is 13. The minimum absolute atomic E-state index is 0.187. The molecular weight excluding hydrogens is 669 g/mol. The van der Waals surface area contributed by atoms with E-state index in [9.17, 15) is 10.2 Å². The van der Waals surface area contributed by atoms with Crippen molar-refractivity contribution in [3.8, 4) is 23.0 Å². The third-order valence-electron chi connectivity index (χ3n) is 9.68. The molecule has 0 radical (unpaired) electrons. The Kier molecular flexibility index (Phi) is 19.9. The molecule has 0 fully saturated rings. The number of hydrogen-bond acceptors (Lipinski definition) is 6. The van der Waals surface area contributed by atoms with E-state index in [1.807, 2.05) is 84.9 Å². The van der Waals surface area contributed by atoms with Gasteiger partial charge >= 0.3 is 0 Å². The highest BCUT2D eigenvalue weighted by Crippen LogP contribution is 2.28. The third-order valence-corrected chi connectivity index (χ3v) is 9.68. The van der Waals surface area contributed by atoms with Gasteiger partial charge in [-0.2, -0.15) is 0 Å². The summed E-state index contributed by atoms with van der Waals surface area (Å²) in [4.78, 5) is 9.99. The lowest BCUT2D eigenvalue weighted by molar-refractivity contribution is 0.302. The fourth-order valence-electron chi connectivity index (χ4n) is 6.56. The summed E-state index contributed by atoms with van der Waals surface area (Å²) in [6, 6.07) is 31.3. The van der Waals surface area contributed by atoms with E-state index in [1.165, 1.54) is 64.2 Å². The van der Waals surface area contributed by atoms with Crippen LogP contribution >= 0.6 is 0 Å². The Morgan fingerprint density at radius 3 is 1.20 bits per heavy atom. The molecule has 0 unspecified atom stereocenters. The molecule has 2 N–H and O–H groups in total. The number of nitrogens with zero attached hydrogens (tertiary/aromatic N) is 2. The molecule has 54 heavy (non-hydrogen) atoms. The summed E-state index contributed by atoms with van der Waals surface area (Å²) in [5.41, 5.74) is 5.00. The van der Waals surface area contributed by atoms with E-state index in [2.05, 4.69) is 13.8 Å². The summed E-state index contributed by atoms with van der Waals surface area (Å²) >= 11 is 0. The van der Waals surface area contributed by atoms with Crippen LogP contribution in [0.5, 0.6) is 23.0 Å². The number of hydrogen-bond donors (Lipinski definition) is 2. The van der Waals surface area contributed by atoms with Crippen molar-refractivity contribution in [2.45, 2.75) is 117 Å². The number of ether oxygens (including phenoxy) is 2. The molecule has 0 heterocycles. The van der Waals surface area contributed by atoms with Crippen molar-refractivity contribution in [3.05, 3.63) is 119 Å². The van der Waals surface area contributed by atoms with Crippen molar-refractivity contribution in [3.63, 3.8) is 0 Å². The molecule has 0 aromatic heterocycles. The number of rotatable bonds is 27. The van der Waals surface area contributed by atoms with Crippen molar-refractivity contribution in [2.24, 2.45) is 9.98 Å². The minimum Gasteiger partial charge on any atom is -0.507 e. The van der Waals surface area contributed by atoms with Crippen LogP contribution in [-0.2, 0) is 0 Å². The van der Waals surface area contributed by atoms with Crippen LogP contribution in [0.1, 0.15) is 139 Å². The number of phenols is 2. The fraction of sp³-hybridized carbons (Fsp3) is 0.458. The van der Waals surface area contributed by atoms with Crippen LogP contribution in [0, 0.1) is 0 Å². The molecule has 0 aliphatic carbocycles. The summed E-state index contributed by atoms with van der Waals surface area (Å²) in [6.07, 6.45) is 18.5. The SMILES string of the molecule is CCCCCCCCOc1ccc(C(=NCCCCCCN=C(c2ccccc2)c2ccc(OCCCCCCCC)cc2O)c2ccccc2)c(O)c1. The van der Waals surface area contributed by atoms with Gasteiger partial charge in [0.05, 0.1) is 24.6 Å². The van der Waals surface area contributed by atoms with Gasteiger partial charge in [0, 0.05) is 47.5 Å². The summed E-state index contributed by atoms with van der Waals surface area (Å²) in [6.45, 7) is 7.12. The van der Waals surface area contributed by atoms with Gasteiger partial charge in [-0.3, -0.25) is 9.98 Å². The van der Waals surface area contributed by atoms with Crippen LogP contribution in [-0.4, -0.2) is 47.9 Å². The molecule has 4 aromatic carbocycles. The molecule has 0 bridgehead atoms. The van der Waals surface area contributed by atoms with Crippen molar-refractivity contribution in [1.29, 1.82) is 0 Å². The highest BCUT2D eigenvalue weighted by Gasteiger charge is 2.14. The average molecular weight is 733 g/mol. The Morgan fingerprint density at radius 2 is 0.815 bits per heavy atom. The summed E-state index contributed by atoms with van der Waals surface area (Å²) in [5, 5.41) is 22.1. The van der Waals surface area contributed by atoms with E-state index in [0.717, 1.165) is 72.2 Å². The van der Waals surface area contributed by atoms with Gasteiger partial charge in [0.2, 0.25) is 0 Å². The maximum absolute atomic E-state index is 11.0. The average Bonchev–Trinajstić information content (AvgIpc) is 3.19. The lowest BCUT2D eigenvalue weighted by Gasteiger charge is -2.13. The first kappa shape index (κ1) is 42.2. The fourth-order valence-corrected chi connectivity index (χ4v) is 6.56. The first-order valence-electron chi connectivity index (χ1n) is 20.7. The van der Waals surface area contributed by atoms with Crippen molar-refractivity contribution in [1.82, 2.24) is 0 Å². The number of phenolic OH excluding ortho intramolecular Hbond substituents is 2. The lowest BCUT2D eigenvalue weighted by atomic mass is 10.0. The van der Waals surface area contributed by atoms with Gasteiger partial charge in [-0.1, -0.05) is 152 Å². The molecule has 0 saturated carbocycles. The Balaban J connectivity index is 1.29. The van der Waals surface area contributed by atoms with Gasteiger partial charge in [0.15, 0.2) is 0 Å². The third kappa shape index (κ3) is 15.0. The summed E-state index contributed by atoms with van der Waals surface area (Å²) in [5.74, 6) is 1.75. The van der Waals surface area contributed by atoms with E-state index >= 15 is 0 Å². The largest absolute Gasteiger partial charge is 0.507 e. The minimum atomic E-state index is 0.187. The molecule has 0 atom stereocenters. The second-order valence-electron chi connectivity index (χ2n) is 14.2. The van der Waals surface area contributed by atoms with Crippen LogP contribution in [0.15, 0.2) is 107 Å². The zero-order valence-corrected chi connectivity index (χ0v) is 33.0. The Morgan fingerprint density at radius 1 is 0.444 bits per heavy atom. The smallest absolute Gasteiger partial charge is 0.128 e. The quantitative estimate of drug-likeness (QED) is 0.0472. The van der Waals surface area contributed by atoms with Crippen LogP contribution in [0.2, 0.25) is 0 Å². The van der Waals surface area contributed by atoms with Crippen LogP contribution in [0.25, 0.3) is 0 Å². The van der Waals surface area contributed by atoms with E-state index in [4.69, 9.17) is 19.5 Å². The van der Waals surface area contributed by atoms with E-state index in [-0.39, 0.29) is 11.5 Å². The van der Waals surface area contributed by atoms with Crippen molar-refractivity contribution in [2.75, 3.05) is 26.3 Å². The molecule has 290 valence electrons. The lowest BCUT2D eigenvalue weighted by Crippen LogP contribution is -2.06. The van der Waals surface area contributed by atoms with Gasteiger partial charge in [0.1, 0.15) is 23.0 Å². The predicted octanol–water partition coefficient (Wildman–Crippen LogP) is 12.5.